The molecule has 0 atom stereocenters. The van der Waals surface area contributed by atoms with Crippen LogP contribution in [0.5, 0.6) is 0 Å². The third-order valence-electron chi connectivity index (χ3n) is 5.56. The van der Waals surface area contributed by atoms with Gasteiger partial charge in [0.15, 0.2) is 0 Å². The Kier molecular flexibility index (Phi) is 6.07. The first-order chi connectivity index (χ1) is 15.2. The van der Waals surface area contributed by atoms with Crippen LogP contribution >= 0.6 is 24.2 Å². The van der Waals surface area contributed by atoms with E-state index in [1.54, 1.807) is 0 Å². The first-order valence-electron chi connectivity index (χ1n) is 10.1. The van der Waals surface area contributed by atoms with Crippen molar-refractivity contribution in [2.45, 2.75) is 0 Å². The molecule has 6 heteroatoms. The zero-order chi connectivity index (χ0) is 21.2. The number of nitrogens with zero attached hydrogens (tertiary/aromatic N) is 2. The molecular formula is C25H22ClN2P2Se+. The molecule has 4 aromatic rings. The molecule has 1 aliphatic heterocycles. The van der Waals surface area contributed by atoms with E-state index in [1.807, 2.05) is 0 Å². The number of benzene rings is 4. The van der Waals surface area contributed by atoms with E-state index in [4.69, 9.17) is 17.6 Å². The Morgan fingerprint density at radius 3 is 1.00 bits per heavy atom. The molecule has 0 saturated carbocycles. The zero-order valence-corrected chi connectivity index (χ0v) is 21.1. The summed E-state index contributed by atoms with van der Waals surface area (Å²) in [6, 6.07) is 43.1. The van der Waals surface area contributed by atoms with Crippen molar-refractivity contribution in [1.29, 1.82) is 0 Å². The summed E-state index contributed by atoms with van der Waals surface area (Å²) in [5.74, 6) is 0.911. The van der Waals surface area contributed by atoms with Crippen molar-refractivity contribution in [3.63, 3.8) is 0 Å². The summed E-state index contributed by atoms with van der Waals surface area (Å²) in [6.45, 7) is 0. The molecule has 0 radical (unpaired) electrons. The van der Waals surface area contributed by atoms with Gasteiger partial charge in [0, 0.05) is 0 Å². The Hall–Kier alpha value is -1.85. The van der Waals surface area contributed by atoms with E-state index in [0.29, 0.717) is 0 Å². The quantitative estimate of drug-likeness (QED) is 0.234. The van der Waals surface area contributed by atoms with Gasteiger partial charge in [0.1, 0.15) is 0 Å². The Morgan fingerprint density at radius 1 is 0.484 bits per heavy atom. The molecule has 0 aliphatic carbocycles. The first-order valence-corrected chi connectivity index (χ1v) is 17.7. The minimum absolute atomic E-state index is 0.911. The molecule has 1 heterocycles. The van der Waals surface area contributed by atoms with E-state index in [2.05, 4.69) is 121 Å². The number of hydrogen-bond acceptors (Lipinski definition) is 2. The Labute approximate surface area is 193 Å². The van der Waals surface area contributed by atoms with Crippen molar-refractivity contribution in [1.82, 2.24) is 0 Å². The fourth-order valence-electron chi connectivity index (χ4n) is 4.11. The second kappa shape index (κ2) is 8.95. The summed E-state index contributed by atoms with van der Waals surface area (Å²) < 4.78 is 10.7. The molecule has 0 spiro atoms. The van der Waals surface area contributed by atoms with Crippen LogP contribution in [0.25, 0.3) is 0 Å². The molecule has 2 nitrogen and oxygen atoms in total. The molecule has 0 bridgehead atoms. The van der Waals surface area contributed by atoms with Gasteiger partial charge in [0.25, 0.3) is 0 Å². The van der Waals surface area contributed by atoms with Gasteiger partial charge < -0.3 is 0 Å². The van der Waals surface area contributed by atoms with Crippen molar-refractivity contribution in [3.8, 4) is 0 Å². The van der Waals surface area contributed by atoms with Crippen molar-refractivity contribution < 1.29 is 0 Å². The third kappa shape index (κ3) is 3.91. The maximum absolute atomic E-state index is 7.03. The van der Waals surface area contributed by atoms with Crippen LogP contribution in [-0.2, 0) is 0 Å². The van der Waals surface area contributed by atoms with E-state index < -0.39 is 27.5 Å². The van der Waals surface area contributed by atoms with E-state index in [9.17, 15) is 0 Å². The van der Waals surface area contributed by atoms with Crippen LogP contribution in [0.15, 0.2) is 129 Å². The molecule has 0 fully saturated rings. The first kappa shape index (κ1) is 21.0. The molecule has 4 aromatic carbocycles. The van der Waals surface area contributed by atoms with Gasteiger partial charge in [-0.2, -0.15) is 0 Å². The Morgan fingerprint density at radius 2 is 0.742 bits per heavy atom. The number of halogens is 1. The van der Waals surface area contributed by atoms with Gasteiger partial charge in [-0.1, -0.05) is 0 Å². The molecule has 0 N–H and O–H groups in total. The van der Waals surface area contributed by atoms with Crippen LogP contribution in [-0.4, -0.2) is 19.3 Å². The summed E-state index contributed by atoms with van der Waals surface area (Å²) in [4.78, 5) is 0. The molecule has 1 aliphatic rings. The van der Waals surface area contributed by atoms with Crippen molar-refractivity contribution in [2.24, 2.45) is 7.52 Å². The van der Waals surface area contributed by atoms with Crippen molar-refractivity contribution in [2.75, 3.05) is 5.90 Å². The molecule has 0 amide bonds. The van der Waals surface area contributed by atoms with Crippen LogP contribution in [0.2, 0.25) is 0 Å². The average molecular weight is 527 g/mol. The van der Waals surface area contributed by atoms with E-state index >= 15 is 0 Å². The molecule has 5 rings (SSSR count). The summed E-state index contributed by atoms with van der Waals surface area (Å²) in [7, 11) is 2.83. The van der Waals surface area contributed by atoms with E-state index in [-0.39, 0.29) is 0 Å². The molecule has 0 unspecified atom stereocenters. The second-order valence-electron chi connectivity index (χ2n) is 7.41. The monoisotopic (exact) mass is 527 g/mol. The van der Waals surface area contributed by atoms with Gasteiger partial charge >= 0.3 is 194 Å². The van der Waals surface area contributed by atoms with Crippen LogP contribution < -0.4 is 21.2 Å². The fourth-order valence-corrected chi connectivity index (χ4v) is 24.8. The normalized spacial score (nSPS) is 17.3. The van der Waals surface area contributed by atoms with Crippen LogP contribution in [0, 0.1) is 0 Å². The van der Waals surface area contributed by atoms with Gasteiger partial charge in [-0.25, -0.2) is 0 Å². The predicted octanol–water partition coefficient (Wildman–Crippen LogP) is 5.89. The Balaban J connectivity index is 1.84. The van der Waals surface area contributed by atoms with Crippen molar-refractivity contribution in [3.05, 3.63) is 121 Å². The maximum atomic E-state index is 7.03. The van der Waals surface area contributed by atoms with Crippen molar-refractivity contribution >= 4 is 58.9 Å². The van der Waals surface area contributed by atoms with Gasteiger partial charge in [-0.3, -0.25) is 0 Å². The number of hydrogen-bond donors (Lipinski definition) is 0. The third-order valence-corrected chi connectivity index (χ3v) is 21.4. The van der Waals surface area contributed by atoms with Gasteiger partial charge in [-0.05, 0) is 0 Å². The SMILES string of the molecule is Cl[Se+]1N=P(c2ccccc2)(c2ccccc2)CP(c2ccccc2)(c2ccccc2)=N1. The standard InChI is InChI=1S/C25H22ClN2P2Se/c26-31-27-29(22-13-5-1-6-14-22,23-15-7-2-8-16-23)21-30(28-31,24-17-9-3-10-18-24)25-19-11-4-12-20-25/h1-20H,21H2/q+1. The average Bonchev–Trinajstić information content (AvgIpc) is 2.86. The van der Waals surface area contributed by atoms with Gasteiger partial charge in [-0.15, -0.1) is 0 Å². The van der Waals surface area contributed by atoms with E-state index in [0.717, 1.165) is 5.90 Å². The zero-order valence-electron chi connectivity index (χ0n) is 16.8. The van der Waals surface area contributed by atoms with Crippen LogP contribution in [0.1, 0.15) is 0 Å². The number of rotatable bonds is 4. The van der Waals surface area contributed by atoms with E-state index in [1.165, 1.54) is 21.2 Å². The fraction of sp³-hybridized carbons (Fsp3) is 0.0400. The van der Waals surface area contributed by atoms with Gasteiger partial charge in [0.05, 0.1) is 0 Å². The molecule has 0 saturated heterocycles. The summed E-state index contributed by atoms with van der Waals surface area (Å²) >= 11 is -2.04. The Bertz CT molecular complexity index is 1090. The summed E-state index contributed by atoms with van der Waals surface area (Å²) in [6.07, 6.45) is 0. The van der Waals surface area contributed by atoms with Gasteiger partial charge in [0.2, 0.25) is 0 Å². The molecule has 154 valence electrons. The second-order valence-corrected chi connectivity index (χ2v) is 18.4. The predicted molar refractivity (Wildman–Crippen MR) is 139 cm³/mol. The molecular weight excluding hydrogens is 505 g/mol. The molecule has 31 heavy (non-hydrogen) atoms. The summed E-state index contributed by atoms with van der Waals surface area (Å²) in [5, 5.41) is 5.17. The van der Waals surface area contributed by atoms with Crippen LogP contribution in [0.4, 0.5) is 0 Å². The topological polar surface area (TPSA) is 24.7 Å². The summed E-state index contributed by atoms with van der Waals surface area (Å²) in [5.41, 5.74) is 0. The van der Waals surface area contributed by atoms with Crippen LogP contribution in [0.3, 0.4) is 0 Å². The molecule has 0 aromatic heterocycles. The minimum atomic E-state index is -2.10.